The quantitative estimate of drug-likeness (QED) is 0.820. The van der Waals surface area contributed by atoms with E-state index in [0.717, 1.165) is 28.9 Å². The van der Waals surface area contributed by atoms with Crippen molar-refractivity contribution in [2.45, 2.75) is 31.7 Å². The smallest absolute Gasteiger partial charge is 0.325 e. The maximum absolute atomic E-state index is 13.0. The molecule has 6 heteroatoms. The summed E-state index contributed by atoms with van der Waals surface area (Å²) in [6, 6.07) is 14.6. The van der Waals surface area contributed by atoms with Crippen LogP contribution in [-0.2, 0) is 28.0 Å². The SMILES string of the molecule is CCc1ccc(NC(=O)CN2C(=O)N[C@]3(CCc4ccccc43)C2=O)cc1. The molecule has 27 heavy (non-hydrogen) atoms. The van der Waals surface area contributed by atoms with E-state index in [4.69, 9.17) is 0 Å². The first-order valence-electron chi connectivity index (χ1n) is 9.15. The number of imide groups is 1. The first-order chi connectivity index (χ1) is 13.0. The Morgan fingerprint density at radius 2 is 1.89 bits per heavy atom. The number of urea groups is 1. The zero-order valence-electron chi connectivity index (χ0n) is 15.1. The van der Waals surface area contributed by atoms with E-state index in [1.54, 1.807) is 0 Å². The molecule has 1 aliphatic carbocycles. The highest BCUT2D eigenvalue weighted by molar-refractivity contribution is 6.10. The molecule has 2 N–H and O–H groups in total. The maximum atomic E-state index is 13.0. The summed E-state index contributed by atoms with van der Waals surface area (Å²) in [6.07, 6.45) is 2.17. The van der Waals surface area contributed by atoms with Gasteiger partial charge in [0.1, 0.15) is 12.1 Å². The van der Waals surface area contributed by atoms with E-state index in [0.29, 0.717) is 12.1 Å². The summed E-state index contributed by atoms with van der Waals surface area (Å²) in [5.74, 6) is -0.750. The van der Waals surface area contributed by atoms with E-state index in [9.17, 15) is 14.4 Å². The molecular formula is C21H21N3O3. The van der Waals surface area contributed by atoms with E-state index in [2.05, 4.69) is 17.6 Å². The molecule has 1 saturated heterocycles. The van der Waals surface area contributed by atoms with Crippen LogP contribution in [0.5, 0.6) is 0 Å². The number of benzene rings is 2. The van der Waals surface area contributed by atoms with Crippen LogP contribution in [0.2, 0.25) is 0 Å². The molecule has 1 atom stereocenters. The van der Waals surface area contributed by atoms with Crippen molar-refractivity contribution in [3.63, 3.8) is 0 Å². The largest absolute Gasteiger partial charge is 0.325 e. The summed E-state index contributed by atoms with van der Waals surface area (Å²) in [6.45, 7) is 1.76. The monoisotopic (exact) mass is 363 g/mol. The molecule has 1 heterocycles. The average Bonchev–Trinajstić information content (AvgIpc) is 3.16. The van der Waals surface area contributed by atoms with Crippen LogP contribution in [0, 0.1) is 0 Å². The Bertz CT molecular complexity index is 923. The highest BCUT2D eigenvalue weighted by Gasteiger charge is 2.55. The number of hydrogen-bond donors (Lipinski definition) is 2. The van der Waals surface area contributed by atoms with Crippen LogP contribution in [0.3, 0.4) is 0 Å². The number of carbonyl (C=O) groups is 3. The summed E-state index contributed by atoms with van der Waals surface area (Å²) in [7, 11) is 0. The number of hydrogen-bond acceptors (Lipinski definition) is 3. The molecule has 0 aromatic heterocycles. The van der Waals surface area contributed by atoms with E-state index in [1.165, 1.54) is 5.56 Å². The third kappa shape index (κ3) is 2.87. The number of anilines is 1. The number of rotatable bonds is 4. The van der Waals surface area contributed by atoms with Gasteiger partial charge >= 0.3 is 6.03 Å². The zero-order valence-corrected chi connectivity index (χ0v) is 15.1. The highest BCUT2D eigenvalue weighted by atomic mass is 16.2. The molecule has 2 aromatic carbocycles. The molecule has 0 bridgehead atoms. The summed E-state index contributed by atoms with van der Waals surface area (Å²) < 4.78 is 0. The fourth-order valence-electron chi connectivity index (χ4n) is 3.90. The molecule has 4 amide bonds. The van der Waals surface area contributed by atoms with E-state index in [1.807, 2.05) is 48.5 Å². The van der Waals surface area contributed by atoms with Crippen molar-refractivity contribution >= 4 is 23.5 Å². The van der Waals surface area contributed by atoms with Crippen molar-refractivity contribution in [3.8, 4) is 0 Å². The Morgan fingerprint density at radius 3 is 2.63 bits per heavy atom. The minimum atomic E-state index is -1.03. The number of nitrogens with zero attached hydrogens (tertiary/aromatic N) is 1. The molecule has 2 aromatic rings. The fraction of sp³-hybridized carbons (Fsp3) is 0.286. The molecule has 1 spiro atoms. The van der Waals surface area contributed by atoms with Gasteiger partial charge in [-0.15, -0.1) is 0 Å². The summed E-state index contributed by atoms with van der Waals surface area (Å²) >= 11 is 0. The minimum absolute atomic E-state index is 0.301. The zero-order chi connectivity index (χ0) is 19.0. The van der Waals surface area contributed by atoms with Crippen LogP contribution in [-0.4, -0.2) is 29.3 Å². The molecule has 2 aliphatic rings. The lowest BCUT2D eigenvalue weighted by molar-refractivity contribution is -0.134. The van der Waals surface area contributed by atoms with Gasteiger partial charge in [-0.1, -0.05) is 43.3 Å². The molecule has 6 nitrogen and oxygen atoms in total. The maximum Gasteiger partial charge on any atom is 0.325 e. The Labute approximate surface area is 157 Å². The van der Waals surface area contributed by atoms with Crippen molar-refractivity contribution in [2.24, 2.45) is 0 Å². The standard InChI is InChI=1S/C21H21N3O3/c1-2-14-7-9-16(10-8-14)22-18(25)13-24-19(26)21(23-20(24)27)12-11-15-5-3-4-6-17(15)21/h3-10H,2,11-13H2,1H3,(H,22,25)(H,23,27)/t21-/m0/s1. The van der Waals surface area contributed by atoms with Crippen molar-refractivity contribution in [1.29, 1.82) is 0 Å². The van der Waals surface area contributed by atoms with Crippen molar-refractivity contribution in [1.82, 2.24) is 10.2 Å². The van der Waals surface area contributed by atoms with Gasteiger partial charge in [0.05, 0.1) is 0 Å². The number of amides is 4. The van der Waals surface area contributed by atoms with Crippen molar-refractivity contribution < 1.29 is 14.4 Å². The summed E-state index contributed by atoms with van der Waals surface area (Å²) in [5, 5.41) is 5.57. The Balaban J connectivity index is 1.49. The highest BCUT2D eigenvalue weighted by Crippen LogP contribution is 2.41. The van der Waals surface area contributed by atoms with E-state index in [-0.39, 0.29) is 12.5 Å². The topological polar surface area (TPSA) is 78.5 Å². The number of carbonyl (C=O) groups excluding carboxylic acids is 3. The molecule has 138 valence electrons. The van der Waals surface area contributed by atoms with Crippen molar-refractivity contribution in [2.75, 3.05) is 11.9 Å². The summed E-state index contributed by atoms with van der Waals surface area (Å²) in [4.78, 5) is 38.9. The number of fused-ring (bicyclic) bond motifs is 2. The van der Waals surface area contributed by atoms with Crippen LogP contribution in [0.4, 0.5) is 10.5 Å². The number of nitrogens with one attached hydrogen (secondary N) is 2. The summed E-state index contributed by atoms with van der Waals surface area (Å²) in [5.41, 5.74) is 2.68. The minimum Gasteiger partial charge on any atom is -0.325 e. The Hall–Kier alpha value is -3.15. The lowest BCUT2D eigenvalue weighted by Gasteiger charge is -2.22. The van der Waals surface area contributed by atoms with Gasteiger partial charge in [-0.3, -0.25) is 14.5 Å². The molecule has 1 aliphatic heterocycles. The van der Waals surface area contributed by atoms with Crippen molar-refractivity contribution in [3.05, 3.63) is 65.2 Å². The van der Waals surface area contributed by atoms with Crippen LogP contribution in [0.1, 0.15) is 30.0 Å². The normalized spacial score (nSPS) is 20.7. The average molecular weight is 363 g/mol. The predicted molar refractivity (Wildman–Crippen MR) is 101 cm³/mol. The van der Waals surface area contributed by atoms with E-state index >= 15 is 0 Å². The van der Waals surface area contributed by atoms with Crippen LogP contribution in [0.15, 0.2) is 48.5 Å². The molecule has 0 radical (unpaired) electrons. The third-order valence-corrected chi connectivity index (χ3v) is 5.37. The molecule has 4 rings (SSSR count). The molecule has 1 fully saturated rings. The van der Waals surface area contributed by atoms with Gasteiger partial charge in [0.2, 0.25) is 5.91 Å². The van der Waals surface area contributed by atoms with Gasteiger partial charge in [0, 0.05) is 5.69 Å². The van der Waals surface area contributed by atoms with E-state index < -0.39 is 17.5 Å². The van der Waals surface area contributed by atoms with Gasteiger partial charge in [0.25, 0.3) is 5.91 Å². The molecule has 0 unspecified atom stereocenters. The first-order valence-corrected chi connectivity index (χ1v) is 9.15. The number of aryl methyl sites for hydroxylation is 2. The molecule has 0 saturated carbocycles. The second-order valence-corrected chi connectivity index (χ2v) is 6.98. The fourth-order valence-corrected chi connectivity index (χ4v) is 3.90. The Morgan fingerprint density at radius 1 is 1.15 bits per heavy atom. The lowest BCUT2D eigenvalue weighted by atomic mass is 9.92. The molecular weight excluding hydrogens is 342 g/mol. The van der Waals surface area contributed by atoms with Crippen LogP contribution >= 0.6 is 0 Å². The van der Waals surface area contributed by atoms with Crippen LogP contribution in [0.25, 0.3) is 0 Å². The third-order valence-electron chi connectivity index (χ3n) is 5.37. The van der Waals surface area contributed by atoms with Gasteiger partial charge < -0.3 is 10.6 Å². The second-order valence-electron chi connectivity index (χ2n) is 6.98. The van der Waals surface area contributed by atoms with Gasteiger partial charge in [-0.05, 0) is 48.1 Å². The predicted octanol–water partition coefficient (Wildman–Crippen LogP) is 2.58. The van der Waals surface area contributed by atoms with Gasteiger partial charge in [-0.2, -0.15) is 0 Å². The van der Waals surface area contributed by atoms with Gasteiger partial charge in [0.15, 0.2) is 0 Å². The first kappa shape index (κ1) is 17.3. The Kier molecular flexibility index (Phi) is 4.18. The van der Waals surface area contributed by atoms with Gasteiger partial charge in [-0.25, -0.2) is 4.79 Å². The second kappa shape index (κ2) is 6.54. The van der Waals surface area contributed by atoms with Crippen LogP contribution < -0.4 is 10.6 Å². The lowest BCUT2D eigenvalue weighted by Crippen LogP contribution is -2.42.